The van der Waals surface area contributed by atoms with Crippen LogP contribution in [0.15, 0.2) is 42.5 Å². The molecule has 2 rings (SSSR count). The Bertz CT molecular complexity index is 857. The number of hydrogen-bond donors (Lipinski definition) is 0. The lowest BCUT2D eigenvalue weighted by atomic mass is 9.60. The number of fused-ring (bicyclic) bond motifs is 1. The van der Waals surface area contributed by atoms with Crippen molar-refractivity contribution in [2.45, 2.75) is 39.5 Å². The molecule has 1 aromatic carbocycles. The first-order valence-electron chi connectivity index (χ1n) is 8.85. The maximum absolute atomic E-state index is 13.6. The average Bonchev–Trinajstić information content (AvgIpc) is 2.88. The fourth-order valence-corrected chi connectivity index (χ4v) is 3.58. The Morgan fingerprint density at radius 2 is 2.07 bits per heavy atom. The van der Waals surface area contributed by atoms with Crippen molar-refractivity contribution in [2.75, 3.05) is 18.6 Å². The molecule has 0 bridgehead atoms. The van der Waals surface area contributed by atoms with Crippen LogP contribution < -0.4 is 4.90 Å². The van der Waals surface area contributed by atoms with E-state index in [0.717, 1.165) is 11.1 Å². The van der Waals surface area contributed by atoms with Gasteiger partial charge < -0.3 is 9.64 Å². The van der Waals surface area contributed by atoms with E-state index in [9.17, 15) is 14.9 Å². The third-order valence-corrected chi connectivity index (χ3v) is 5.42. The summed E-state index contributed by atoms with van der Waals surface area (Å²) in [6, 6.07) is 7.29. The number of benzene rings is 1. The molecular weight excluding hydrogens is 340 g/mol. The van der Waals surface area contributed by atoms with Crippen LogP contribution in [0.25, 0.3) is 0 Å². The minimum Gasteiger partial charge on any atom is -0.465 e. The number of amides is 1. The number of nitriles is 1. The number of rotatable bonds is 6. The van der Waals surface area contributed by atoms with E-state index >= 15 is 0 Å². The van der Waals surface area contributed by atoms with Crippen molar-refractivity contribution in [3.63, 3.8) is 0 Å². The second kappa shape index (κ2) is 7.40. The van der Waals surface area contributed by atoms with Gasteiger partial charge in [0.05, 0.1) is 30.6 Å². The first kappa shape index (κ1) is 20.4. The van der Waals surface area contributed by atoms with Crippen molar-refractivity contribution < 1.29 is 14.3 Å². The van der Waals surface area contributed by atoms with Gasteiger partial charge in [-0.15, -0.1) is 6.58 Å². The van der Waals surface area contributed by atoms with Gasteiger partial charge in [0.1, 0.15) is 0 Å². The molecule has 1 atom stereocenters. The molecule has 5 nitrogen and oxygen atoms in total. The average molecular weight is 366 g/mol. The van der Waals surface area contributed by atoms with Gasteiger partial charge in [0.2, 0.25) is 5.91 Å². The van der Waals surface area contributed by atoms with Crippen LogP contribution in [0.1, 0.15) is 50.0 Å². The summed E-state index contributed by atoms with van der Waals surface area (Å²) < 4.78 is 4.82. The van der Waals surface area contributed by atoms with Crippen molar-refractivity contribution in [3.8, 4) is 6.07 Å². The van der Waals surface area contributed by atoms with E-state index < -0.39 is 16.8 Å². The number of methoxy groups -OCH3 is 1. The zero-order valence-corrected chi connectivity index (χ0v) is 16.6. The Balaban J connectivity index is 2.79. The van der Waals surface area contributed by atoms with E-state index in [0.29, 0.717) is 17.8 Å². The van der Waals surface area contributed by atoms with Gasteiger partial charge in [-0.05, 0) is 31.5 Å². The number of ether oxygens (including phenoxy) is 1. The fraction of sp³-hybridized carbons (Fsp3) is 0.409. The van der Waals surface area contributed by atoms with E-state index in [2.05, 4.69) is 12.6 Å². The van der Waals surface area contributed by atoms with Crippen molar-refractivity contribution in [2.24, 2.45) is 5.41 Å². The highest BCUT2D eigenvalue weighted by Gasteiger charge is 2.58. The molecule has 0 saturated heterocycles. The van der Waals surface area contributed by atoms with Crippen LogP contribution in [-0.4, -0.2) is 25.5 Å². The number of carbonyl (C=O) groups is 2. The topological polar surface area (TPSA) is 70.4 Å². The minimum absolute atomic E-state index is 0.0285. The van der Waals surface area contributed by atoms with Crippen LogP contribution in [-0.2, 0) is 14.9 Å². The molecule has 0 fully saturated rings. The van der Waals surface area contributed by atoms with Crippen LogP contribution in [0, 0.1) is 16.7 Å². The third-order valence-electron chi connectivity index (χ3n) is 5.42. The third kappa shape index (κ3) is 3.16. The number of allylic oxidation sites excluding steroid dienone is 2. The Labute approximate surface area is 160 Å². The molecule has 0 saturated carbocycles. The second-order valence-electron chi connectivity index (χ2n) is 7.59. The molecule has 1 heterocycles. The Hall–Kier alpha value is -2.87. The Kier molecular flexibility index (Phi) is 5.60. The predicted octanol–water partition coefficient (Wildman–Crippen LogP) is 4.15. The highest BCUT2D eigenvalue weighted by molar-refractivity contribution is 6.10. The van der Waals surface area contributed by atoms with Crippen LogP contribution in [0.2, 0.25) is 0 Å². The largest absolute Gasteiger partial charge is 0.465 e. The normalized spacial score (nSPS) is 18.5. The number of hydrogen-bond acceptors (Lipinski definition) is 4. The zero-order chi connectivity index (χ0) is 20.4. The molecule has 142 valence electrons. The van der Waals surface area contributed by atoms with Crippen molar-refractivity contribution >= 4 is 17.6 Å². The van der Waals surface area contributed by atoms with Crippen molar-refractivity contribution in [1.29, 1.82) is 5.26 Å². The van der Waals surface area contributed by atoms with Gasteiger partial charge in [-0.2, -0.15) is 5.26 Å². The molecule has 0 aliphatic carbocycles. The van der Waals surface area contributed by atoms with E-state index in [-0.39, 0.29) is 12.3 Å². The van der Waals surface area contributed by atoms with Gasteiger partial charge >= 0.3 is 5.97 Å². The van der Waals surface area contributed by atoms with E-state index in [4.69, 9.17) is 4.74 Å². The fourth-order valence-electron chi connectivity index (χ4n) is 3.58. The summed E-state index contributed by atoms with van der Waals surface area (Å²) in [5, 5.41) is 9.54. The van der Waals surface area contributed by atoms with E-state index in [1.807, 2.05) is 33.8 Å². The summed E-state index contributed by atoms with van der Waals surface area (Å²) in [5.41, 5.74) is 1.13. The maximum Gasteiger partial charge on any atom is 0.337 e. The smallest absolute Gasteiger partial charge is 0.337 e. The van der Waals surface area contributed by atoms with Crippen LogP contribution in [0.4, 0.5) is 5.69 Å². The first-order valence-corrected chi connectivity index (χ1v) is 8.85. The predicted molar refractivity (Wildman–Crippen MR) is 105 cm³/mol. The summed E-state index contributed by atoms with van der Waals surface area (Å²) in [7, 11) is 1.32. The monoisotopic (exact) mass is 366 g/mol. The highest BCUT2D eigenvalue weighted by atomic mass is 16.5. The Morgan fingerprint density at radius 1 is 1.41 bits per heavy atom. The quantitative estimate of drug-likeness (QED) is 0.560. The lowest BCUT2D eigenvalue weighted by Crippen LogP contribution is -2.49. The molecule has 5 heteroatoms. The molecule has 0 N–H and O–H groups in total. The van der Waals surface area contributed by atoms with Gasteiger partial charge in [0.15, 0.2) is 0 Å². The molecule has 0 aromatic heterocycles. The summed E-state index contributed by atoms with van der Waals surface area (Å²) in [5.74, 6) is -0.614. The van der Waals surface area contributed by atoms with Gasteiger partial charge in [-0.1, -0.05) is 37.6 Å². The number of anilines is 1. The molecule has 0 unspecified atom stereocenters. The lowest BCUT2D eigenvalue weighted by molar-refractivity contribution is -0.126. The second-order valence-corrected chi connectivity index (χ2v) is 7.59. The van der Waals surface area contributed by atoms with Gasteiger partial charge in [0.25, 0.3) is 0 Å². The van der Waals surface area contributed by atoms with Crippen molar-refractivity contribution in [3.05, 3.63) is 53.6 Å². The minimum atomic E-state index is -1.05. The molecule has 1 amide bonds. The number of carbonyl (C=O) groups excluding carboxylic acids is 2. The molecule has 0 spiro atoms. The SMILES string of the molecule is C=CC(C)(C)[C@]1(CC#N)C(=O)N(CC=C(C)C)c2cc(C(=O)OC)ccc21. The molecule has 0 radical (unpaired) electrons. The zero-order valence-electron chi connectivity index (χ0n) is 16.6. The highest BCUT2D eigenvalue weighted by Crippen LogP contribution is 2.54. The first-order chi connectivity index (χ1) is 12.7. The lowest BCUT2D eigenvalue weighted by Gasteiger charge is -2.39. The van der Waals surface area contributed by atoms with Crippen LogP contribution >= 0.6 is 0 Å². The summed E-state index contributed by atoms with van der Waals surface area (Å²) in [6.07, 6.45) is 3.71. The standard InChI is InChI=1S/C22H26N2O3/c1-7-21(4,5)22(11-12-23)17-9-8-16(19(25)27-6)14-18(17)24(20(22)26)13-10-15(2)3/h7-10,14H,1,11,13H2,2-6H3/t22-/m0/s1. The molecule has 1 aliphatic rings. The number of nitrogens with zero attached hydrogens (tertiary/aromatic N) is 2. The molecular formula is C22H26N2O3. The molecule has 27 heavy (non-hydrogen) atoms. The summed E-state index contributed by atoms with van der Waals surface area (Å²) in [6.45, 7) is 12.0. The Morgan fingerprint density at radius 3 is 2.59 bits per heavy atom. The summed E-state index contributed by atoms with van der Waals surface area (Å²) in [4.78, 5) is 27.3. The van der Waals surface area contributed by atoms with E-state index in [1.54, 1.807) is 29.2 Å². The van der Waals surface area contributed by atoms with Gasteiger partial charge in [-0.3, -0.25) is 4.79 Å². The molecule has 1 aromatic rings. The summed E-state index contributed by atoms with van der Waals surface area (Å²) >= 11 is 0. The molecule has 1 aliphatic heterocycles. The van der Waals surface area contributed by atoms with Gasteiger partial charge in [0, 0.05) is 17.6 Å². The maximum atomic E-state index is 13.6. The van der Waals surface area contributed by atoms with Gasteiger partial charge in [-0.25, -0.2) is 4.79 Å². The van der Waals surface area contributed by atoms with E-state index in [1.165, 1.54) is 7.11 Å². The van der Waals surface area contributed by atoms with Crippen molar-refractivity contribution in [1.82, 2.24) is 0 Å². The van der Waals surface area contributed by atoms with Crippen LogP contribution in [0.5, 0.6) is 0 Å². The number of esters is 1. The van der Waals surface area contributed by atoms with Crippen LogP contribution in [0.3, 0.4) is 0 Å².